The van der Waals surface area contributed by atoms with E-state index in [4.69, 9.17) is 0 Å². The summed E-state index contributed by atoms with van der Waals surface area (Å²) in [6.07, 6.45) is 7.70. The molecule has 13 heavy (non-hydrogen) atoms. The predicted octanol–water partition coefficient (Wildman–Crippen LogP) is 1.74. The quantitative estimate of drug-likeness (QED) is 0.376. The molecule has 1 rings (SSSR count). The van der Waals surface area contributed by atoms with Crippen molar-refractivity contribution in [3.8, 4) is 0 Å². The van der Waals surface area contributed by atoms with Crippen LogP contribution in [0.1, 0.15) is 26.2 Å². The van der Waals surface area contributed by atoms with Gasteiger partial charge in [0, 0.05) is 11.6 Å². The van der Waals surface area contributed by atoms with Gasteiger partial charge in [0.25, 0.3) is 0 Å². The van der Waals surface area contributed by atoms with E-state index in [2.05, 4.69) is 11.7 Å². The van der Waals surface area contributed by atoms with E-state index in [0.29, 0.717) is 12.0 Å². The Morgan fingerprint density at radius 3 is 2.69 bits per heavy atom. The van der Waals surface area contributed by atoms with Crippen molar-refractivity contribution in [1.29, 1.82) is 0 Å². The first-order valence-corrected chi connectivity index (χ1v) is 4.35. The Balaban J connectivity index is 2.41. The zero-order valence-electron chi connectivity index (χ0n) is 7.58. The smallest absolute Gasteiger partial charge is 0.342 e. The molecule has 0 atom stereocenters. The van der Waals surface area contributed by atoms with E-state index in [-0.39, 0.29) is 0 Å². The van der Waals surface area contributed by atoms with Crippen molar-refractivity contribution in [2.24, 2.45) is 0 Å². The Labute approximate surface area is 77.1 Å². The molecule has 0 aromatic heterocycles. The van der Waals surface area contributed by atoms with Crippen LogP contribution in [0.25, 0.3) is 0 Å². The van der Waals surface area contributed by atoms with E-state index in [1.54, 1.807) is 0 Å². The van der Waals surface area contributed by atoms with Crippen molar-refractivity contribution in [2.75, 3.05) is 0 Å². The van der Waals surface area contributed by atoms with Crippen LogP contribution in [0.3, 0.4) is 0 Å². The van der Waals surface area contributed by atoms with Gasteiger partial charge < -0.3 is 4.74 Å². The molecule has 3 heteroatoms. The SMILES string of the molecule is CCCC=CCC1=CC(=O)OC1=O. The van der Waals surface area contributed by atoms with Crippen LogP contribution in [0.4, 0.5) is 0 Å². The number of unbranched alkanes of at least 4 members (excludes halogenated alkanes) is 1. The van der Waals surface area contributed by atoms with Gasteiger partial charge >= 0.3 is 11.9 Å². The highest BCUT2D eigenvalue weighted by Crippen LogP contribution is 2.12. The minimum Gasteiger partial charge on any atom is -0.386 e. The Bertz CT molecular complexity index is 274. The van der Waals surface area contributed by atoms with E-state index in [1.807, 2.05) is 12.2 Å². The molecule has 0 aliphatic carbocycles. The summed E-state index contributed by atoms with van der Waals surface area (Å²) < 4.78 is 4.33. The molecule has 1 heterocycles. The molecule has 0 spiro atoms. The Morgan fingerprint density at radius 2 is 2.15 bits per heavy atom. The van der Waals surface area contributed by atoms with Crippen LogP contribution in [0.5, 0.6) is 0 Å². The van der Waals surface area contributed by atoms with Gasteiger partial charge in [-0.05, 0) is 12.8 Å². The second kappa shape index (κ2) is 4.60. The van der Waals surface area contributed by atoms with E-state index >= 15 is 0 Å². The van der Waals surface area contributed by atoms with Gasteiger partial charge in [-0.25, -0.2) is 9.59 Å². The van der Waals surface area contributed by atoms with Crippen LogP contribution in [0, 0.1) is 0 Å². The first-order chi connectivity index (χ1) is 6.24. The Kier molecular flexibility index (Phi) is 3.43. The van der Waals surface area contributed by atoms with Gasteiger partial charge in [-0.1, -0.05) is 25.5 Å². The molecule has 0 amide bonds. The van der Waals surface area contributed by atoms with Gasteiger partial charge in [0.15, 0.2) is 0 Å². The Hall–Kier alpha value is -1.38. The number of carbonyl (C=O) groups excluding carboxylic acids is 2. The first kappa shape index (κ1) is 9.71. The second-order valence-electron chi connectivity index (χ2n) is 2.84. The molecule has 0 radical (unpaired) electrons. The number of esters is 2. The maximum absolute atomic E-state index is 10.9. The Morgan fingerprint density at radius 1 is 1.38 bits per heavy atom. The fourth-order valence-corrected chi connectivity index (χ4v) is 1.02. The molecule has 3 nitrogen and oxygen atoms in total. The maximum atomic E-state index is 10.9. The second-order valence-corrected chi connectivity index (χ2v) is 2.84. The number of carbonyl (C=O) groups is 2. The maximum Gasteiger partial charge on any atom is 0.342 e. The van der Waals surface area contributed by atoms with Gasteiger partial charge in [-0.3, -0.25) is 0 Å². The van der Waals surface area contributed by atoms with Crippen LogP contribution in [-0.2, 0) is 14.3 Å². The topological polar surface area (TPSA) is 43.4 Å². The van der Waals surface area contributed by atoms with Crippen LogP contribution in [0.15, 0.2) is 23.8 Å². The first-order valence-electron chi connectivity index (χ1n) is 4.35. The highest BCUT2D eigenvalue weighted by Gasteiger charge is 2.21. The molecule has 0 saturated heterocycles. The van der Waals surface area contributed by atoms with Crippen molar-refractivity contribution < 1.29 is 14.3 Å². The third-order valence-corrected chi connectivity index (χ3v) is 1.71. The number of allylic oxidation sites excluding steroid dienone is 2. The minimum atomic E-state index is -0.552. The van der Waals surface area contributed by atoms with Crippen molar-refractivity contribution in [1.82, 2.24) is 0 Å². The molecule has 0 fully saturated rings. The molecule has 0 saturated carbocycles. The van der Waals surface area contributed by atoms with Crippen molar-refractivity contribution >= 4 is 11.9 Å². The molecule has 1 aliphatic rings. The lowest BCUT2D eigenvalue weighted by molar-refractivity contribution is -0.150. The number of rotatable bonds is 4. The van der Waals surface area contributed by atoms with E-state index in [9.17, 15) is 9.59 Å². The zero-order chi connectivity index (χ0) is 9.68. The van der Waals surface area contributed by atoms with Crippen molar-refractivity contribution in [2.45, 2.75) is 26.2 Å². The number of ether oxygens (including phenoxy) is 1. The summed E-state index contributed by atoms with van der Waals surface area (Å²) in [5.74, 6) is -1.06. The molecule has 0 aromatic rings. The average molecular weight is 180 g/mol. The van der Waals surface area contributed by atoms with Crippen LogP contribution < -0.4 is 0 Å². The van der Waals surface area contributed by atoms with Gasteiger partial charge in [-0.15, -0.1) is 0 Å². The minimum absolute atomic E-state index is 0.442. The van der Waals surface area contributed by atoms with E-state index < -0.39 is 11.9 Å². The standard InChI is InChI=1S/C10H12O3/c1-2-3-4-5-6-8-7-9(11)13-10(8)12/h4-5,7H,2-3,6H2,1H3. The predicted molar refractivity (Wildman–Crippen MR) is 47.8 cm³/mol. The largest absolute Gasteiger partial charge is 0.386 e. The summed E-state index contributed by atoms with van der Waals surface area (Å²) in [6.45, 7) is 2.08. The van der Waals surface area contributed by atoms with Crippen LogP contribution >= 0.6 is 0 Å². The molecular weight excluding hydrogens is 168 g/mol. The summed E-state index contributed by atoms with van der Waals surface area (Å²) in [4.78, 5) is 21.5. The van der Waals surface area contributed by atoms with E-state index in [1.165, 1.54) is 6.08 Å². The third-order valence-electron chi connectivity index (χ3n) is 1.71. The van der Waals surface area contributed by atoms with E-state index in [0.717, 1.165) is 12.8 Å². The summed E-state index contributed by atoms with van der Waals surface area (Å²) in [7, 11) is 0. The number of hydrogen-bond donors (Lipinski definition) is 0. The lowest BCUT2D eigenvalue weighted by Crippen LogP contribution is -2.01. The number of hydrogen-bond acceptors (Lipinski definition) is 3. The van der Waals surface area contributed by atoms with Crippen molar-refractivity contribution in [3.05, 3.63) is 23.8 Å². The zero-order valence-corrected chi connectivity index (χ0v) is 7.58. The molecule has 0 bridgehead atoms. The van der Waals surface area contributed by atoms with Crippen LogP contribution in [0.2, 0.25) is 0 Å². The van der Waals surface area contributed by atoms with Gasteiger partial charge in [0.1, 0.15) is 0 Å². The number of cyclic esters (lactones) is 2. The molecular formula is C10H12O3. The summed E-state index contributed by atoms with van der Waals surface area (Å²) in [5.41, 5.74) is 0.442. The molecule has 0 N–H and O–H groups in total. The molecule has 0 unspecified atom stereocenters. The van der Waals surface area contributed by atoms with Gasteiger partial charge in [0.2, 0.25) is 0 Å². The molecule has 70 valence electrons. The average Bonchev–Trinajstić information content (AvgIpc) is 2.39. The fraction of sp³-hybridized carbons (Fsp3) is 0.400. The molecule has 0 aromatic carbocycles. The lowest BCUT2D eigenvalue weighted by atomic mass is 10.2. The normalized spacial score (nSPS) is 16.5. The van der Waals surface area contributed by atoms with Gasteiger partial charge in [0.05, 0.1) is 0 Å². The lowest BCUT2D eigenvalue weighted by Gasteiger charge is -1.91. The van der Waals surface area contributed by atoms with Crippen molar-refractivity contribution in [3.63, 3.8) is 0 Å². The monoisotopic (exact) mass is 180 g/mol. The highest BCUT2D eigenvalue weighted by atomic mass is 16.6. The molecule has 1 aliphatic heterocycles. The summed E-state index contributed by atoms with van der Waals surface area (Å²) >= 11 is 0. The summed E-state index contributed by atoms with van der Waals surface area (Å²) in [5, 5.41) is 0. The fourth-order valence-electron chi connectivity index (χ4n) is 1.02. The summed E-state index contributed by atoms with van der Waals surface area (Å²) in [6, 6.07) is 0. The highest BCUT2D eigenvalue weighted by molar-refractivity contribution is 6.08. The van der Waals surface area contributed by atoms with Gasteiger partial charge in [-0.2, -0.15) is 0 Å². The third kappa shape index (κ3) is 2.86. The van der Waals surface area contributed by atoms with Crippen LogP contribution in [-0.4, -0.2) is 11.9 Å².